The van der Waals surface area contributed by atoms with Gasteiger partial charge in [0, 0.05) is 18.4 Å². The van der Waals surface area contributed by atoms with Crippen molar-refractivity contribution >= 4 is 0 Å². The van der Waals surface area contributed by atoms with Crippen LogP contribution in [0.3, 0.4) is 0 Å². The summed E-state index contributed by atoms with van der Waals surface area (Å²) in [5, 5.41) is 0. The second-order valence-electron chi connectivity index (χ2n) is 5.12. The van der Waals surface area contributed by atoms with Crippen LogP contribution in [0.4, 0.5) is 4.39 Å². The molecule has 0 saturated carbocycles. The lowest BCUT2D eigenvalue weighted by Gasteiger charge is -2.15. The Morgan fingerprint density at radius 1 is 1.43 bits per heavy atom. The number of imidazole rings is 1. The topological polar surface area (TPSA) is 53.1 Å². The monoisotopic (exact) mass is 291 g/mol. The van der Waals surface area contributed by atoms with E-state index in [2.05, 4.69) is 4.98 Å². The Bertz CT molecular complexity index is 583. The molecule has 0 aliphatic rings. The van der Waals surface area contributed by atoms with Crippen LogP contribution in [0.1, 0.15) is 24.7 Å². The maximum Gasteiger partial charge on any atom is 0.165 e. The van der Waals surface area contributed by atoms with Gasteiger partial charge in [0.1, 0.15) is 12.4 Å². The average molecular weight is 291 g/mol. The summed E-state index contributed by atoms with van der Waals surface area (Å²) < 4.78 is 21.6. The third-order valence-corrected chi connectivity index (χ3v) is 3.56. The molecule has 0 fully saturated rings. The molecule has 5 heteroatoms. The van der Waals surface area contributed by atoms with Crippen molar-refractivity contribution in [2.45, 2.75) is 39.3 Å². The molecule has 1 unspecified atom stereocenters. The highest BCUT2D eigenvalue weighted by Crippen LogP contribution is 2.24. The number of aryl methyl sites for hydroxylation is 1. The van der Waals surface area contributed by atoms with Gasteiger partial charge in [-0.3, -0.25) is 0 Å². The van der Waals surface area contributed by atoms with Crippen molar-refractivity contribution in [2.24, 2.45) is 5.73 Å². The Morgan fingerprint density at radius 3 is 2.90 bits per heavy atom. The van der Waals surface area contributed by atoms with E-state index < -0.39 is 0 Å². The van der Waals surface area contributed by atoms with Gasteiger partial charge in [0.2, 0.25) is 0 Å². The first-order valence-electron chi connectivity index (χ1n) is 7.25. The molecule has 0 bridgehead atoms. The number of para-hydroxylation sites is 1. The normalized spacial score (nSPS) is 12.4. The Labute approximate surface area is 124 Å². The minimum atomic E-state index is -0.335. The molecule has 1 aromatic carbocycles. The third kappa shape index (κ3) is 4.04. The van der Waals surface area contributed by atoms with Gasteiger partial charge in [0.15, 0.2) is 11.6 Å². The number of benzene rings is 1. The van der Waals surface area contributed by atoms with E-state index in [9.17, 15) is 4.39 Å². The highest BCUT2D eigenvalue weighted by molar-refractivity contribution is 5.35. The number of nitrogens with two attached hydrogens (primary N) is 1. The van der Waals surface area contributed by atoms with Crippen LogP contribution < -0.4 is 10.5 Å². The molecule has 0 saturated heterocycles. The molecular weight excluding hydrogens is 269 g/mol. The summed E-state index contributed by atoms with van der Waals surface area (Å²) in [6, 6.07) is 5.00. The van der Waals surface area contributed by atoms with Gasteiger partial charge in [0.05, 0.1) is 6.54 Å². The number of rotatable bonds is 7. The molecule has 2 aromatic rings. The minimum Gasteiger partial charge on any atom is -0.488 e. The van der Waals surface area contributed by atoms with Gasteiger partial charge >= 0.3 is 0 Å². The van der Waals surface area contributed by atoms with Gasteiger partial charge in [-0.05, 0) is 31.4 Å². The summed E-state index contributed by atoms with van der Waals surface area (Å²) in [6.45, 7) is 4.98. The van der Waals surface area contributed by atoms with Gasteiger partial charge in [-0.1, -0.05) is 19.1 Å². The van der Waals surface area contributed by atoms with Crippen molar-refractivity contribution in [3.8, 4) is 5.75 Å². The Hall–Kier alpha value is -1.88. The largest absolute Gasteiger partial charge is 0.488 e. The zero-order valence-corrected chi connectivity index (χ0v) is 12.6. The second kappa shape index (κ2) is 7.22. The Balaban J connectivity index is 2.03. The summed E-state index contributed by atoms with van der Waals surface area (Å²) >= 11 is 0. The number of hydrogen-bond acceptors (Lipinski definition) is 3. The van der Waals surface area contributed by atoms with Crippen molar-refractivity contribution < 1.29 is 9.13 Å². The molecule has 0 radical (unpaired) electrons. The number of nitrogens with zero attached hydrogens (tertiary/aromatic N) is 2. The zero-order chi connectivity index (χ0) is 15.2. The van der Waals surface area contributed by atoms with Crippen molar-refractivity contribution in [3.63, 3.8) is 0 Å². The lowest BCUT2D eigenvalue weighted by atomic mass is 10.0. The molecule has 114 valence electrons. The minimum absolute atomic E-state index is 0.0186. The first-order chi connectivity index (χ1) is 10.1. The molecule has 0 aliphatic heterocycles. The smallest absolute Gasteiger partial charge is 0.165 e. The van der Waals surface area contributed by atoms with E-state index in [0.717, 1.165) is 17.8 Å². The molecule has 21 heavy (non-hydrogen) atoms. The molecule has 0 spiro atoms. The van der Waals surface area contributed by atoms with E-state index in [-0.39, 0.29) is 11.9 Å². The van der Waals surface area contributed by atoms with Crippen LogP contribution in [0.15, 0.2) is 30.6 Å². The molecule has 2 N–H and O–H groups in total. The molecule has 2 rings (SSSR count). The fourth-order valence-electron chi connectivity index (χ4n) is 2.19. The van der Waals surface area contributed by atoms with Crippen LogP contribution in [0.2, 0.25) is 0 Å². The standard InChI is InChI=1S/C16H22FN3O/c1-3-14(18)11-13-5-4-6-15(17)16(13)21-10-9-20-8-7-19-12(20)2/h4-8,14H,3,9-11,18H2,1-2H3. The van der Waals surface area contributed by atoms with E-state index in [0.29, 0.717) is 25.3 Å². The SMILES string of the molecule is CCC(N)Cc1cccc(F)c1OCCn1ccnc1C. The highest BCUT2D eigenvalue weighted by atomic mass is 19.1. The van der Waals surface area contributed by atoms with Crippen molar-refractivity contribution in [1.82, 2.24) is 9.55 Å². The maximum atomic E-state index is 14.0. The summed E-state index contributed by atoms with van der Waals surface area (Å²) in [5.41, 5.74) is 6.78. The van der Waals surface area contributed by atoms with E-state index in [4.69, 9.17) is 10.5 Å². The number of hydrogen-bond donors (Lipinski definition) is 1. The van der Waals surface area contributed by atoms with Crippen LogP contribution in [-0.2, 0) is 13.0 Å². The van der Waals surface area contributed by atoms with Crippen LogP contribution in [0.25, 0.3) is 0 Å². The van der Waals surface area contributed by atoms with Crippen LogP contribution >= 0.6 is 0 Å². The first-order valence-corrected chi connectivity index (χ1v) is 7.25. The average Bonchev–Trinajstić information content (AvgIpc) is 2.87. The lowest BCUT2D eigenvalue weighted by molar-refractivity contribution is 0.279. The zero-order valence-electron chi connectivity index (χ0n) is 12.6. The van der Waals surface area contributed by atoms with Gasteiger partial charge in [-0.2, -0.15) is 0 Å². The molecule has 1 aromatic heterocycles. The highest BCUT2D eigenvalue weighted by Gasteiger charge is 2.12. The number of aromatic nitrogens is 2. The van der Waals surface area contributed by atoms with E-state index >= 15 is 0 Å². The lowest BCUT2D eigenvalue weighted by Crippen LogP contribution is -2.22. The van der Waals surface area contributed by atoms with Gasteiger partial charge in [0.25, 0.3) is 0 Å². The molecule has 1 atom stereocenters. The van der Waals surface area contributed by atoms with Crippen molar-refractivity contribution in [2.75, 3.05) is 6.61 Å². The van der Waals surface area contributed by atoms with Crippen molar-refractivity contribution in [1.29, 1.82) is 0 Å². The van der Waals surface area contributed by atoms with E-state index in [1.807, 2.05) is 30.7 Å². The summed E-state index contributed by atoms with van der Waals surface area (Å²) in [4.78, 5) is 4.14. The fraction of sp³-hybridized carbons (Fsp3) is 0.438. The Kier molecular flexibility index (Phi) is 5.33. The molecule has 0 amide bonds. The third-order valence-electron chi connectivity index (χ3n) is 3.56. The quantitative estimate of drug-likeness (QED) is 0.853. The maximum absolute atomic E-state index is 14.0. The Morgan fingerprint density at radius 2 is 2.24 bits per heavy atom. The number of halogens is 1. The predicted molar refractivity (Wildman–Crippen MR) is 80.8 cm³/mol. The van der Waals surface area contributed by atoms with Crippen molar-refractivity contribution in [3.05, 3.63) is 47.8 Å². The first kappa shape index (κ1) is 15.5. The van der Waals surface area contributed by atoms with Gasteiger partial charge in [-0.25, -0.2) is 9.37 Å². The molecule has 1 heterocycles. The van der Waals surface area contributed by atoms with Crippen LogP contribution in [0.5, 0.6) is 5.75 Å². The van der Waals surface area contributed by atoms with Crippen LogP contribution in [0, 0.1) is 12.7 Å². The summed E-state index contributed by atoms with van der Waals surface area (Å²) in [6.07, 6.45) is 5.09. The van der Waals surface area contributed by atoms with E-state index in [1.54, 1.807) is 12.3 Å². The van der Waals surface area contributed by atoms with Crippen LogP contribution in [-0.4, -0.2) is 22.2 Å². The van der Waals surface area contributed by atoms with E-state index in [1.165, 1.54) is 6.07 Å². The molecular formula is C16H22FN3O. The molecule has 4 nitrogen and oxygen atoms in total. The number of ether oxygens (including phenoxy) is 1. The van der Waals surface area contributed by atoms with Gasteiger partial charge in [-0.15, -0.1) is 0 Å². The van der Waals surface area contributed by atoms with Gasteiger partial charge < -0.3 is 15.0 Å². The second-order valence-corrected chi connectivity index (χ2v) is 5.12. The summed E-state index contributed by atoms with van der Waals surface area (Å²) in [7, 11) is 0. The predicted octanol–water partition coefficient (Wildman–Crippen LogP) is 2.69. The fourth-order valence-corrected chi connectivity index (χ4v) is 2.19. The summed E-state index contributed by atoms with van der Waals surface area (Å²) in [5.74, 6) is 0.901. The molecule has 0 aliphatic carbocycles.